The molecule has 3 saturated heterocycles. The van der Waals surface area contributed by atoms with E-state index in [1.807, 2.05) is 4.90 Å². The van der Waals surface area contributed by atoms with Crippen molar-refractivity contribution in [2.45, 2.75) is 69.9 Å². The molecule has 0 radical (unpaired) electrons. The van der Waals surface area contributed by atoms with Gasteiger partial charge in [0.15, 0.2) is 5.82 Å². The largest absolute Gasteiger partial charge is 0.493 e. The number of hydrogen-bond donors (Lipinski definition) is 1. The van der Waals surface area contributed by atoms with Crippen LogP contribution in [0.3, 0.4) is 0 Å². The number of carbonyl (C=O) groups is 4. The van der Waals surface area contributed by atoms with Crippen molar-refractivity contribution in [1.82, 2.24) is 30.0 Å². The first-order chi connectivity index (χ1) is 30.8. The number of fused-ring (bicyclic) bond motifs is 2. The van der Waals surface area contributed by atoms with Gasteiger partial charge in [0.05, 0.1) is 22.2 Å². The van der Waals surface area contributed by atoms with Crippen molar-refractivity contribution in [3.05, 3.63) is 93.5 Å². The third-order valence-electron chi connectivity index (χ3n) is 13.8. The summed E-state index contributed by atoms with van der Waals surface area (Å²) in [7, 11) is 0. The van der Waals surface area contributed by atoms with Crippen molar-refractivity contribution in [1.29, 1.82) is 0 Å². The molecule has 0 bridgehead atoms. The Bertz CT molecular complexity index is 2540. The number of rotatable bonds is 10. The topological polar surface area (TPSA) is 128 Å². The summed E-state index contributed by atoms with van der Waals surface area (Å²) >= 11 is 12.6. The van der Waals surface area contributed by atoms with Gasteiger partial charge in [-0.15, -0.1) is 0 Å². The Kier molecular flexibility index (Phi) is 12.6. The molecule has 1 N–H and O–H groups in total. The van der Waals surface area contributed by atoms with E-state index in [0.29, 0.717) is 55.5 Å². The van der Waals surface area contributed by atoms with Crippen LogP contribution >= 0.6 is 23.2 Å². The number of anilines is 1. The van der Waals surface area contributed by atoms with Crippen LogP contribution in [0.15, 0.2) is 54.3 Å². The van der Waals surface area contributed by atoms with E-state index in [1.54, 1.807) is 23.1 Å². The van der Waals surface area contributed by atoms with Crippen molar-refractivity contribution >= 4 is 63.6 Å². The third-order valence-corrected chi connectivity index (χ3v) is 14.2. The lowest BCUT2D eigenvalue weighted by Crippen LogP contribution is -2.52. The Morgan fingerprint density at radius 1 is 0.891 bits per heavy atom. The number of imide groups is 1. The van der Waals surface area contributed by atoms with E-state index in [0.717, 1.165) is 69.3 Å². The molecule has 3 aromatic carbocycles. The van der Waals surface area contributed by atoms with Crippen molar-refractivity contribution in [2.24, 2.45) is 11.8 Å². The Labute approximate surface area is 378 Å². The number of hydrogen-bond acceptors (Lipinski definition) is 9. The highest BCUT2D eigenvalue weighted by Crippen LogP contribution is 2.44. The van der Waals surface area contributed by atoms with Crippen molar-refractivity contribution in [2.75, 3.05) is 57.3 Å². The van der Waals surface area contributed by atoms with E-state index in [1.165, 1.54) is 29.4 Å². The average Bonchev–Trinajstić information content (AvgIpc) is 3.61. The normalized spacial score (nSPS) is 22.2. The van der Waals surface area contributed by atoms with Crippen LogP contribution in [0, 0.1) is 29.3 Å². The molecule has 336 valence electrons. The summed E-state index contributed by atoms with van der Waals surface area (Å²) in [6.07, 6.45) is 7.17. The van der Waals surface area contributed by atoms with Crippen LogP contribution in [-0.4, -0.2) is 107 Å². The minimum Gasteiger partial charge on any atom is -0.493 e. The molecule has 1 aliphatic carbocycles. The lowest BCUT2D eigenvalue weighted by atomic mass is 9.81. The fourth-order valence-electron chi connectivity index (χ4n) is 10.4. The highest BCUT2D eigenvalue weighted by molar-refractivity contribution is 6.41. The van der Waals surface area contributed by atoms with Gasteiger partial charge in [-0.3, -0.25) is 24.5 Å². The number of ether oxygens (including phenoxy) is 1. The molecule has 17 heteroatoms. The van der Waals surface area contributed by atoms with Crippen LogP contribution in [-0.2, 0) is 20.9 Å². The van der Waals surface area contributed by atoms with Gasteiger partial charge in [-0.2, -0.15) is 0 Å². The molecule has 1 unspecified atom stereocenters. The van der Waals surface area contributed by atoms with Crippen LogP contribution in [0.25, 0.3) is 22.0 Å². The Morgan fingerprint density at radius 3 is 2.34 bits per heavy atom. The van der Waals surface area contributed by atoms with E-state index in [9.17, 15) is 23.6 Å². The summed E-state index contributed by atoms with van der Waals surface area (Å²) in [6, 6.07) is 8.03. The quantitative estimate of drug-likeness (QED) is 0.126. The van der Waals surface area contributed by atoms with E-state index in [4.69, 9.17) is 27.9 Å². The number of benzene rings is 3. The van der Waals surface area contributed by atoms with Gasteiger partial charge < -0.3 is 24.3 Å². The zero-order valence-corrected chi connectivity index (χ0v) is 36.7. The molecule has 1 aromatic heterocycles. The van der Waals surface area contributed by atoms with Gasteiger partial charge in [0.2, 0.25) is 11.8 Å². The van der Waals surface area contributed by atoms with Gasteiger partial charge in [0.25, 0.3) is 11.8 Å². The zero-order valence-electron chi connectivity index (χ0n) is 35.2. The Hall–Kier alpha value is -5.25. The summed E-state index contributed by atoms with van der Waals surface area (Å²) in [5.41, 5.74) is 1.71. The van der Waals surface area contributed by atoms with Crippen LogP contribution < -0.4 is 15.0 Å². The van der Waals surface area contributed by atoms with Crippen molar-refractivity contribution in [3.63, 3.8) is 0 Å². The molecule has 5 heterocycles. The van der Waals surface area contributed by atoms with Gasteiger partial charge in [-0.25, -0.2) is 23.1 Å². The number of amides is 4. The second-order valence-electron chi connectivity index (χ2n) is 17.6. The lowest BCUT2D eigenvalue weighted by molar-refractivity contribution is -0.137. The number of piperazine rings is 1. The number of halogens is 5. The van der Waals surface area contributed by atoms with Gasteiger partial charge >= 0.3 is 0 Å². The molecule has 4 amide bonds. The predicted octanol–water partition coefficient (Wildman–Crippen LogP) is 7.59. The summed E-state index contributed by atoms with van der Waals surface area (Å²) < 4.78 is 53.5. The monoisotopic (exact) mass is 917 g/mol. The van der Waals surface area contributed by atoms with Gasteiger partial charge in [-0.05, 0) is 117 Å². The SMILES string of the molecule is C=C(Cl)C(=O)N1CCN(c2ncnc3c(F)c(-c4c(F)cccc4OC[C@H]4CC[C@H](CN5CCC(c6cc(F)cc7c6CN(C6CCC(=O)NC6=O)C7=O)CC5)CC4)c(Cl)cc23)CC1. The van der Waals surface area contributed by atoms with Crippen molar-refractivity contribution in [3.8, 4) is 16.9 Å². The zero-order chi connectivity index (χ0) is 44.8. The number of aromatic nitrogens is 2. The van der Waals surface area contributed by atoms with E-state index < -0.39 is 29.4 Å². The third kappa shape index (κ3) is 8.66. The minimum absolute atomic E-state index is 0.0128. The maximum Gasteiger partial charge on any atom is 0.264 e. The number of nitrogens with one attached hydrogen (secondary N) is 1. The van der Waals surface area contributed by atoms with Gasteiger partial charge in [0.1, 0.15) is 41.1 Å². The number of carbonyl (C=O) groups excluding carboxylic acids is 4. The Balaban J connectivity index is 0.797. The van der Waals surface area contributed by atoms with Gasteiger partial charge in [0, 0.05) is 62.2 Å². The molecule has 4 fully saturated rings. The summed E-state index contributed by atoms with van der Waals surface area (Å²) in [4.78, 5) is 66.1. The highest BCUT2D eigenvalue weighted by Gasteiger charge is 2.41. The second kappa shape index (κ2) is 18.3. The number of nitrogens with zero attached hydrogens (tertiary/aromatic N) is 6. The van der Waals surface area contributed by atoms with Crippen LogP contribution in [0.5, 0.6) is 5.75 Å². The molecule has 5 aliphatic rings. The first-order valence-corrected chi connectivity index (χ1v) is 22.7. The maximum atomic E-state index is 16.6. The highest BCUT2D eigenvalue weighted by atomic mass is 35.5. The average molecular weight is 919 g/mol. The fourth-order valence-corrected chi connectivity index (χ4v) is 10.8. The standard InChI is InChI=1S/C47H48Cl2F3N7O5/c1-26(48)46(62)58-17-15-57(16-18-58)44-33-21-35(49)40(42(52)43(33)53-25-54-44)41-36(51)3-2-4-38(41)64-24-28-7-5-27(6-8-28)22-56-13-11-29(12-14-56)31-19-30(50)20-32-34(31)23-59(47(32)63)37-9-10-39(60)55-45(37)61/h2-4,19-21,25,27-29,37H,1,5-18,22-24H2,(H,55,60,61)/t27-,28-,37?. The summed E-state index contributed by atoms with van der Waals surface area (Å²) in [5.74, 6) is -2.03. The first-order valence-electron chi connectivity index (χ1n) is 22.0. The molecule has 0 spiro atoms. The Morgan fingerprint density at radius 2 is 1.62 bits per heavy atom. The molecular formula is C47H48Cl2F3N7O5. The first kappa shape index (κ1) is 44.0. The summed E-state index contributed by atoms with van der Waals surface area (Å²) in [5, 5.41) is 2.61. The summed E-state index contributed by atoms with van der Waals surface area (Å²) in [6.45, 7) is 8.28. The van der Waals surface area contributed by atoms with E-state index in [2.05, 4.69) is 26.8 Å². The second-order valence-corrected chi connectivity index (χ2v) is 18.5. The maximum absolute atomic E-state index is 16.6. The molecule has 1 atom stereocenters. The smallest absolute Gasteiger partial charge is 0.264 e. The molecule has 64 heavy (non-hydrogen) atoms. The number of piperidine rings is 2. The molecular weight excluding hydrogens is 870 g/mol. The molecule has 9 rings (SSSR count). The lowest BCUT2D eigenvalue weighted by Gasteiger charge is -2.37. The number of likely N-dealkylation sites (tertiary alicyclic amines) is 1. The molecule has 4 aromatic rings. The van der Waals surface area contributed by atoms with Crippen LogP contribution in [0.1, 0.15) is 78.8 Å². The minimum atomic E-state index is -0.788. The fraction of sp³-hybridized carbons (Fsp3) is 0.447. The molecule has 12 nitrogen and oxygen atoms in total. The molecule has 1 saturated carbocycles. The predicted molar refractivity (Wildman–Crippen MR) is 235 cm³/mol. The van der Waals surface area contributed by atoms with Crippen molar-refractivity contribution < 1.29 is 37.1 Å². The van der Waals surface area contributed by atoms with E-state index in [-0.39, 0.29) is 81.4 Å². The van der Waals surface area contributed by atoms with Gasteiger partial charge in [-0.1, -0.05) is 35.8 Å². The van der Waals surface area contributed by atoms with E-state index >= 15 is 8.78 Å². The molecule has 4 aliphatic heterocycles. The van der Waals surface area contributed by atoms with Crippen LogP contribution in [0.2, 0.25) is 5.02 Å². The van der Waals surface area contributed by atoms with Crippen LogP contribution in [0.4, 0.5) is 19.0 Å².